The minimum Gasteiger partial charge on any atom is -0.310 e. The maximum atomic E-state index is 12.9. The lowest BCUT2D eigenvalue weighted by molar-refractivity contribution is -0.117. The highest BCUT2D eigenvalue weighted by Gasteiger charge is 2.28. The van der Waals surface area contributed by atoms with Crippen molar-refractivity contribution in [1.29, 1.82) is 0 Å². The number of nitrogens with zero attached hydrogens (tertiary/aromatic N) is 2. The first-order chi connectivity index (χ1) is 14.3. The molecular weight excluding hydrogens is 426 g/mol. The number of para-hydroxylation sites is 2. The van der Waals surface area contributed by atoms with Crippen LogP contribution in [0.25, 0.3) is 0 Å². The Morgan fingerprint density at radius 2 is 1.40 bits per heavy atom. The van der Waals surface area contributed by atoms with E-state index in [1.807, 2.05) is 0 Å². The van der Waals surface area contributed by atoms with Crippen LogP contribution in [0.1, 0.15) is 25.7 Å². The van der Waals surface area contributed by atoms with Crippen LogP contribution in [0.5, 0.6) is 0 Å². The minimum atomic E-state index is -3.96. The van der Waals surface area contributed by atoms with E-state index in [4.69, 9.17) is 0 Å². The molecule has 2 aliphatic rings. The summed E-state index contributed by atoms with van der Waals surface area (Å²) in [5.74, 6) is -0.0434. The zero-order valence-corrected chi connectivity index (χ0v) is 18.0. The molecule has 8 nitrogen and oxygen atoms in total. The lowest BCUT2D eigenvalue weighted by Crippen LogP contribution is -2.28. The largest absolute Gasteiger partial charge is 0.310 e. The van der Waals surface area contributed by atoms with Gasteiger partial charge in [0, 0.05) is 26.1 Å². The van der Waals surface area contributed by atoms with Crippen molar-refractivity contribution in [2.45, 2.75) is 35.5 Å². The van der Waals surface area contributed by atoms with Crippen LogP contribution in [0.4, 0.5) is 11.4 Å². The van der Waals surface area contributed by atoms with Gasteiger partial charge in [-0.2, -0.15) is 4.31 Å². The monoisotopic (exact) mass is 449 g/mol. The van der Waals surface area contributed by atoms with E-state index in [0.29, 0.717) is 37.4 Å². The van der Waals surface area contributed by atoms with E-state index in [-0.39, 0.29) is 15.7 Å². The summed E-state index contributed by atoms with van der Waals surface area (Å²) < 4.78 is 55.0. The molecule has 2 heterocycles. The summed E-state index contributed by atoms with van der Waals surface area (Å²) in [4.78, 5) is 13.7. The number of sulfonamides is 2. The SMILES string of the molecule is O=C1CCCN1c1ccccc1NS(=O)(=O)c1ccc(S(=O)(=O)N2CCCC2)cc1. The Bertz CT molecular complexity index is 1160. The van der Waals surface area contributed by atoms with Gasteiger partial charge in [-0.25, -0.2) is 16.8 Å². The fourth-order valence-corrected chi connectivity index (χ4v) is 6.36. The maximum Gasteiger partial charge on any atom is 0.261 e. The summed E-state index contributed by atoms with van der Waals surface area (Å²) in [6.07, 6.45) is 2.82. The summed E-state index contributed by atoms with van der Waals surface area (Å²) in [5, 5.41) is 0. The first-order valence-electron chi connectivity index (χ1n) is 9.81. The molecule has 0 bridgehead atoms. The second-order valence-electron chi connectivity index (χ2n) is 7.35. The fourth-order valence-electron chi connectivity index (χ4n) is 3.77. The van der Waals surface area contributed by atoms with E-state index in [1.54, 1.807) is 29.2 Å². The number of hydrogen-bond acceptors (Lipinski definition) is 5. The van der Waals surface area contributed by atoms with Crippen LogP contribution in [-0.4, -0.2) is 46.7 Å². The van der Waals surface area contributed by atoms with Crippen molar-refractivity contribution in [2.24, 2.45) is 0 Å². The van der Waals surface area contributed by atoms with Gasteiger partial charge in [-0.3, -0.25) is 9.52 Å². The van der Waals surface area contributed by atoms with Crippen molar-refractivity contribution in [3.05, 3.63) is 48.5 Å². The molecule has 0 unspecified atom stereocenters. The first-order valence-corrected chi connectivity index (χ1v) is 12.7. The maximum absolute atomic E-state index is 12.9. The highest BCUT2D eigenvalue weighted by atomic mass is 32.2. The van der Waals surface area contributed by atoms with Crippen LogP contribution in [0.2, 0.25) is 0 Å². The minimum absolute atomic E-state index is 0.0434. The topological polar surface area (TPSA) is 104 Å². The fraction of sp³-hybridized carbons (Fsp3) is 0.350. The predicted octanol–water partition coefficient (Wildman–Crippen LogP) is 2.40. The molecule has 0 saturated carbocycles. The van der Waals surface area contributed by atoms with Crippen molar-refractivity contribution in [2.75, 3.05) is 29.3 Å². The van der Waals surface area contributed by atoms with Crippen molar-refractivity contribution in [1.82, 2.24) is 4.31 Å². The van der Waals surface area contributed by atoms with Crippen molar-refractivity contribution in [3.63, 3.8) is 0 Å². The molecular formula is C20H23N3O5S2. The predicted molar refractivity (Wildman–Crippen MR) is 113 cm³/mol. The molecule has 0 aliphatic carbocycles. The molecule has 30 heavy (non-hydrogen) atoms. The highest BCUT2D eigenvalue weighted by molar-refractivity contribution is 7.92. The zero-order chi connectivity index (χ0) is 21.4. The number of benzene rings is 2. The number of carbonyl (C=O) groups is 1. The molecule has 0 atom stereocenters. The van der Waals surface area contributed by atoms with Crippen LogP contribution >= 0.6 is 0 Å². The third-order valence-corrected chi connectivity index (χ3v) is 8.64. The summed E-state index contributed by atoms with van der Waals surface area (Å²) in [7, 11) is -7.57. The number of hydrogen-bond donors (Lipinski definition) is 1. The van der Waals surface area contributed by atoms with E-state index in [1.165, 1.54) is 28.6 Å². The van der Waals surface area contributed by atoms with E-state index < -0.39 is 20.0 Å². The van der Waals surface area contributed by atoms with Gasteiger partial charge in [0.25, 0.3) is 10.0 Å². The Morgan fingerprint density at radius 1 is 0.767 bits per heavy atom. The van der Waals surface area contributed by atoms with Gasteiger partial charge in [-0.15, -0.1) is 0 Å². The second kappa shape index (κ2) is 8.01. The molecule has 2 aromatic carbocycles. The molecule has 1 amide bonds. The van der Waals surface area contributed by atoms with E-state index in [2.05, 4.69) is 4.72 Å². The average molecular weight is 450 g/mol. The van der Waals surface area contributed by atoms with Gasteiger partial charge in [-0.05, 0) is 55.7 Å². The quantitative estimate of drug-likeness (QED) is 0.729. The summed E-state index contributed by atoms with van der Waals surface area (Å²) in [6, 6.07) is 11.9. The molecule has 1 N–H and O–H groups in total. The van der Waals surface area contributed by atoms with Crippen molar-refractivity contribution in [3.8, 4) is 0 Å². The Hall–Kier alpha value is -2.43. The first kappa shape index (κ1) is 20.8. The highest BCUT2D eigenvalue weighted by Crippen LogP contribution is 2.31. The Morgan fingerprint density at radius 3 is 2.03 bits per heavy atom. The molecule has 4 rings (SSSR count). The smallest absolute Gasteiger partial charge is 0.261 e. The third kappa shape index (κ3) is 3.94. The van der Waals surface area contributed by atoms with Crippen LogP contribution < -0.4 is 9.62 Å². The van der Waals surface area contributed by atoms with Crippen molar-refractivity contribution >= 4 is 37.3 Å². The van der Waals surface area contributed by atoms with Crippen LogP contribution in [-0.2, 0) is 24.8 Å². The number of anilines is 2. The Balaban J connectivity index is 1.59. The number of nitrogens with one attached hydrogen (secondary N) is 1. The van der Waals surface area contributed by atoms with Gasteiger partial charge in [0.2, 0.25) is 15.9 Å². The third-order valence-electron chi connectivity index (χ3n) is 5.35. The summed E-state index contributed by atoms with van der Waals surface area (Å²) in [5.41, 5.74) is 0.818. The Labute approximate surface area is 176 Å². The van der Waals surface area contributed by atoms with Gasteiger partial charge in [0.05, 0.1) is 21.2 Å². The van der Waals surface area contributed by atoms with E-state index in [9.17, 15) is 21.6 Å². The number of carbonyl (C=O) groups excluding carboxylic acids is 1. The lowest BCUT2D eigenvalue weighted by Gasteiger charge is -2.20. The van der Waals surface area contributed by atoms with Crippen molar-refractivity contribution < 1.29 is 21.6 Å². The van der Waals surface area contributed by atoms with E-state index >= 15 is 0 Å². The summed E-state index contributed by atoms with van der Waals surface area (Å²) in [6.45, 7) is 1.51. The van der Waals surface area contributed by atoms with Gasteiger partial charge in [0.1, 0.15) is 0 Å². The van der Waals surface area contributed by atoms with Gasteiger partial charge in [-0.1, -0.05) is 12.1 Å². The zero-order valence-electron chi connectivity index (χ0n) is 16.3. The average Bonchev–Trinajstić information content (AvgIpc) is 3.41. The standard InChI is InChI=1S/C20H23N3O5S2/c24-20-8-5-15-23(20)19-7-2-1-6-18(19)21-29(25,26)16-9-11-17(12-10-16)30(27,28)22-13-3-4-14-22/h1-2,6-7,9-12,21H,3-5,8,13-15H2. The lowest BCUT2D eigenvalue weighted by atomic mass is 10.2. The molecule has 160 valence electrons. The molecule has 2 aliphatic heterocycles. The van der Waals surface area contributed by atoms with E-state index in [0.717, 1.165) is 19.3 Å². The normalized spacial score (nSPS) is 18.1. The molecule has 2 fully saturated rings. The molecule has 2 saturated heterocycles. The second-order valence-corrected chi connectivity index (χ2v) is 11.0. The Kier molecular flexibility index (Phi) is 5.56. The van der Waals surface area contributed by atoms with Crippen LogP contribution in [0.15, 0.2) is 58.3 Å². The van der Waals surface area contributed by atoms with Crippen LogP contribution in [0.3, 0.4) is 0 Å². The molecule has 10 heteroatoms. The number of amides is 1. The van der Waals surface area contributed by atoms with Gasteiger partial charge < -0.3 is 4.90 Å². The molecule has 2 aromatic rings. The van der Waals surface area contributed by atoms with Gasteiger partial charge >= 0.3 is 0 Å². The van der Waals surface area contributed by atoms with Gasteiger partial charge in [0.15, 0.2) is 0 Å². The molecule has 0 radical (unpaired) electrons. The van der Waals surface area contributed by atoms with Crippen LogP contribution in [0, 0.1) is 0 Å². The molecule has 0 aromatic heterocycles. The molecule has 0 spiro atoms. The summed E-state index contributed by atoms with van der Waals surface area (Å²) >= 11 is 0. The number of rotatable bonds is 6.